The molecule has 21 heavy (non-hydrogen) atoms. The van der Waals surface area contributed by atoms with Crippen molar-refractivity contribution in [1.29, 1.82) is 0 Å². The van der Waals surface area contributed by atoms with Gasteiger partial charge in [-0.25, -0.2) is 0 Å². The number of anilines is 2. The van der Waals surface area contributed by atoms with Crippen LogP contribution < -0.4 is 11.1 Å². The van der Waals surface area contributed by atoms with Crippen molar-refractivity contribution in [1.82, 2.24) is 18.5 Å². The number of aromatic nitrogens is 4. The van der Waals surface area contributed by atoms with E-state index in [1.54, 1.807) is 6.20 Å². The lowest BCUT2D eigenvalue weighted by atomic mass is 10.2. The van der Waals surface area contributed by atoms with Gasteiger partial charge in [0.15, 0.2) is 0 Å². The summed E-state index contributed by atoms with van der Waals surface area (Å²) < 4.78 is 9.60. The zero-order valence-corrected chi connectivity index (χ0v) is 12.7. The zero-order chi connectivity index (χ0) is 15.0. The summed E-state index contributed by atoms with van der Waals surface area (Å²) in [4.78, 5) is 12.0. The summed E-state index contributed by atoms with van der Waals surface area (Å²) in [5.74, 6) is -0.309. The first-order valence-electron chi connectivity index (χ1n) is 5.72. The Hall–Kier alpha value is -1.90. The van der Waals surface area contributed by atoms with E-state index >= 15 is 0 Å². The fourth-order valence-electron chi connectivity index (χ4n) is 1.79. The van der Waals surface area contributed by atoms with Gasteiger partial charge >= 0.3 is 0 Å². The summed E-state index contributed by atoms with van der Waals surface area (Å²) in [5, 5.41) is 7.32. The Bertz CT molecular complexity index is 829. The second-order valence-corrected chi connectivity index (χ2v) is 5.54. The van der Waals surface area contributed by atoms with Crippen LogP contribution >= 0.6 is 34.9 Å². The van der Waals surface area contributed by atoms with Gasteiger partial charge in [0.25, 0.3) is 0 Å². The molecule has 0 aliphatic rings. The van der Waals surface area contributed by atoms with E-state index in [9.17, 15) is 4.79 Å². The average molecular weight is 343 g/mol. The Kier molecular flexibility index (Phi) is 3.66. The van der Waals surface area contributed by atoms with Crippen LogP contribution in [0.25, 0.3) is 11.0 Å². The molecule has 1 amide bonds. The second-order valence-electron chi connectivity index (χ2n) is 4.20. The number of rotatable bonds is 3. The monoisotopic (exact) mass is 342 g/mol. The number of hydrogen-bond acceptors (Lipinski definition) is 6. The van der Waals surface area contributed by atoms with E-state index in [2.05, 4.69) is 19.2 Å². The molecule has 0 fully saturated rings. The highest BCUT2D eigenvalue weighted by molar-refractivity contribution is 7.00. The minimum absolute atomic E-state index is 0.00914. The molecule has 2 heterocycles. The minimum Gasteiger partial charge on any atom is -0.396 e. The maximum absolute atomic E-state index is 12.0. The maximum Gasteiger partial charge on any atom is 0.246 e. The number of benzene rings is 1. The number of fused-ring (bicyclic) bond motifs is 1. The first kappa shape index (κ1) is 14.1. The third-order valence-electron chi connectivity index (χ3n) is 2.67. The molecule has 0 unspecified atom stereocenters. The second kappa shape index (κ2) is 5.47. The van der Waals surface area contributed by atoms with Crippen LogP contribution in [0.3, 0.4) is 0 Å². The lowest BCUT2D eigenvalue weighted by molar-refractivity contribution is -0.116. The summed E-state index contributed by atoms with van der Waals surface area (Å²) in [6.45, 7) is 0.00914. The Labute approximate surface area is 133 Å². The van der Waals surface area contributed by atoms with Gasteiger partial charge in [0.05, 0.1) is 39.3 Å². The third kappa shape index (κ3) is 2.78. The summed E-state index contributed by atoms with van der Waals surface area (Å²) in [5.41, 5.74) is 7.38. The van der Waals surface area contributed by atoms with Gasteiger partial charge in [0.2, 0.25) is 5.91 Å². The summed E-state index contributed by atoms with van der Waals surface area (Å²) in [6.07, 6.45) is 3.02. The number of hydrogen-bond donors (Lipinski definition) is 2. The number of nitrogens with one attached hydrogen (secondary N) is 1. The van der Waals surface area contributed by atoms with E-state index < -0.39 is 0 Å². The van der Waals surface area contributed by atoms with Crippen molar-refractivity contribution in [3.63, 3.8) is 0 Å². The fourth-order valence-corrected chi connectivity index (χ4v) is 2.94. The Balaban J connectivity index is 1.87. The molecule has 0 spiro atoms. The molecule has 3 rings (SSSR count). The summed E-state index contributed by atoms with van der Waals surface area (Å²) in [6, 6.07) is 1.52. The molecule has 1 aromatic carbocycles. The Morgan fingerprint density at radius 1 is 1.33 bits per heavy atom. The van der Waals surface area contributed by atoms with E-state index in [1.165, 1.54) is 16.9 Å². The summed E-state index contributed by atoms with van der Waals surface area (Å²) in [7, 11) is 0. The SMILES string of the molecule is Nc1cnn(CC(=O)Nc2c(Cl)cc(Cl)c3nsnc23)c1. The molecule has 0 aliphatic carbocycles. The lowest BCUT2D eigenvalue weighted by Crippen LogP contribution is -2.19. The largest absolute Gasteiger partial charge is 0.396 e. The fraction of sp³-hybridized carbons (Fsp3) is 0.0909. The highest BCUT2D eigenvalue weighted by Crippen LogP contribution is 2.35. The average Bonchev–Trinajstić information content (AvgIpc) is 3.04. The van der Waals surface area contributed by atoms with Crippen LogP contribution in [0.15, 0.2) is 18.5 Å². The standard InChI is InChI=1S/C11H8Cl2N6OS/c12-6-1-7(13)10-11(18-21-17-10)9(6)16-8(20)4-19-3-5(14)2-15-19/h1-3H,4,14H2,(H,16,20). The van der Waals surface area contributed by atoms with Crippen molar-refractivity contribution in [2.75, 3.05) is 11.1 Å². The number of nitrogens with zero attached hydrogens (tertiary/aromatic N) is 4. The topological polar surface area (TPSA) is 98.7 Å². The van der Waals surface area contributed by atoms with E-state index in [4.69, 9.17) is 28.9 Å². The maximum atomic E-state index is 12.0. The highest BCUT2D eigenvalue weighted by Gasteiger charge is 2.16. The molecular weight excluding hydrogens is 335 g/mol. The molecule has 108 valence electrons. The van der Waals surface area contributed by atoms with E-state index in [0.29, 0.717) is 32.5 Å². The molecule has 3 aromatic rings. The van der Waals surface area contributed by atoms with Crippen molar-refractivity contribution >= 4 is 63.2 Å². The number of carbonyl (C=O) groups excluding carboxylic acids is 1. The number of halogens is 2. The van der Waals surface area contributed by atoms with Gasteiger partial charge in [0, 0.05) is 6.20 Å². The molecule has 10 heteroatoms. The van der Waals surface area contributed by atoms with Crippen LogP contribution in [0.4, 0.5) is 11.4 Å². The molecule has 0 saturated carbocycles. The molecular formula is C11H8Cl2N6OS. The van der Waals surface area contributed by atoms with E-state index in [0.717, 1.165) is 11.7 Å². The molecule has 0 aliphatic heterocycles. The van der Waals surface area contributed by atoms with Crippen molar-refractivity contribution < 1.29 is 4.79 Å². The molecule has 0 atom stereocenters. The predicted octanol–water partition coefficient (Wildman–Crippen LogP) is 2.42. The van der Waals surface area contributed by atoms with E-state index in [-0.39, 0.29) is 12.5 Å². The lowest BCUT2D eigenvalue weighted by Gasteiger charge is -2.08. The number of nitrogen functional groups attached to an aromatic ring is 1. The number of amides is 1. The van der Waals surface area contributed by atoms with Gasteiger partial charge < -0.3 is 11.1 Å². The minimum atomic E-state index is -0.309. The Morgan fingerprint density at radius 2 is 2.10 bits per heavy atom. The first-order valence-corrected chi connectivity index (χ1v) is 7.21. The smallest absolute Gasteiger partial charge is 0.246 e. The van der Waals surface area contributed by atoms with Gasteiger partial charge in [-0.3, -0.25) is 9.48 Å². The first-order chi connectivity index (χ1) is 10.0. The van der Waals surface area contributed by atoms with Crippen LogP contribution in [-0.4, -0.2) is 24.4 Å². The summed E-state index contributed by atoms with van der Waals surface area (Å²) >= 11 is 13.1. The van der Waals surface area contributed by atoms with Crippen molar-refractivity contribution in [2.24, 2.45) is 0 Å². The third-order valence-corrected chi connectivity index (χ3v) is 3.78. The van der Waals surface area contributed by atoms with Crippen LogP contribution in [0, 0.1) is 0 Å². The van der Waals surface area contributed by atoms with Gasteiger partial charge in [-0.15, -0.1) is 0 Å². The normalized spacial score (nSPS) is 11.0. The zero-order valence-electron chi connectivity index (χ0n) is 10.4. The molecule has 0 radical (unpaired) electrons. The Morgan fingerprint density at radius 3 is 2.81 bits per heavy atom. The van der Waals surface area contributed by atoms with Gasteiger partial charge in [0.1, 0.15) is 17.6 Å². The number of nitrogens with two attached hydrogens (primary N) is 1. The molecule has 7 nitrogen and oxygen atoms in total. The van der Waals surface area contributed by atoms with Crippen molar-refractivity contribution in [3.8, 4) is 0 Å². The van der Waals surface area contributed by atoms with Crippen LogP contribution in [0.5, 0.6) is 0 Å². The quantitative estimate of drug-likeness (QED) is 0.761. The molecule has 0 bridgehead atoms. The highest BCUT2D eigenvalue weighted by atomic mass is 35.5. The van der Waals surface area contributed by atoms with Crippen LogP contribution in [0.1, 0.15) is 0 Å². The molecule has 3 N–H and O–H groups in total. The van der Waals surface area contributed by atoms with E-state index in [1.807, 2.05) is 0 Å². The van der Waals surface area contributed by atoms with Gasteiger partial charge in [-0.2, -0.15) is 13.8 Å². The molecule has 0 saturated heterocycles. The number of carbonyl (C=O) groups is 1. The van der Waals surface area contributed by atoms with Crippen LogP contribution in [-0.2, 0) is 11.3 Å². The van der Waals surface area contributed by atoms with Crippen molar-refractivity contribution in [3.05, 3.63) is 28.5 Å². The van der Waals surface area contributed by atoms with Crippen molar-refractivity contribution in [2.45, 2.75) is 6.54 Å². The van der Waals surface area contributed by atoms with Gasteiger partial charge in [-0.05, 0) is 6.07 Å². The molecule has 2 aromatic heterocycles. The van der Waals surface area contributed by atoms with Crippen LogP contribution in [0.2, 0.25) is 10.0 Å². The van der Waals surface area contributed by atoms with Gasteiger partial charge in [-0.1, -0.05) is 23.2 Å². The predicted molar refractivity (Wildman–Crippen MR) is 82.7 cm³/mol.